The number of hydrogen-bond donors (Lipinski definition) is 1. The largest absolute Gasteiger partial charge is 0.357 e. The van der Waals surface area contributed by atoms with Gasteiger partial charge in [0.2, 0.25) is 5.95 Å². The molecule has 18 heavy (non-hydrogen) atoms. The summed E-state index contributed by atoms with van der Waals surface area (Å²) >= 11 is 6.13. The number of benzene rings is 1. The van der Waals surface area contributed by atoms with Crippen LogP contribution >= 0.6 is 11.6 Å². The first kappa shape index (κ1) is 12.6. The first-order valence-electron chi connectivity index (χ1n) is 5.62. The predicted molar refractivity (Wildman–Crippen MR) is 75.8 cm³/mol. The molecular weight excluding hydrogens is 248 g/mol. The van der Waals surface area contributed by atoms with E-state index in [0.717, 1.165) is 5.69 Å². The Labute approximate surface area is 112 Å². The minimum absolute atomic E-state index is 0.525. The summed E-state index contributed by atoms with van der Waals surface area (Å²) in [5, 5.41) is 3.43. The summed E-state index contributed by atoms with van der Waals surface area (Å²) in [5.41, 5.74) is 2.25. The van der Waals surface area contributed by atoms with Gasteiger partial charge in [-0.3, -0.25) is 0 Å². The molecule has 0 fully saturated rings. The second kappa shape index (κ2) is 5.23. The highest BCUT2D eigenvalue weighted by molar-refractivity contribution is 6.33. The number of rotatable bonds is 3. The molecule has 94 valence electrons. The molecule has 0 aliphatic carbocycles. The average Bonchev–Trinajstić information content (AvgIpc) is 2.39. The molecule has 0 amide bonds. The van der Waals surface area contributed by atoms with Crippen molar-refractivity contribution in [1.82, 2.24) is 9.97 Å². The van der Waals surface area contributed by atoms with Crippen molar-refractivity contribution in [2.45, 2.75) is 6.92 Å². The van der Waals surface area contributed by atoms with Crippen LogP contribution in [0.4, 0.5) is 17.5 Å². The SMILES string of the molecule is CNc1ncc(Cl)c(N(C)c2ccc(C)cc2)n1. The van der Waals surface area contributed by atoms with Gasteiger partial charge < -0.3 is 10.2 Å². The van der Waals surface area contributed by atoms with Crippen molar-refractivity contribution >= 4 is 29.1 Å². The molecule has 0 bridgehead atoms. The summed E-state index contributed by atoms with van der Waals surface area (Å²) < 4.78 is 0. The fourth-order valence-electron chi connectivity index (χ4n) is 1.60. The van der Waals surface area contributed by atoms with E-state index in [1.165, 1.54) is 5.56 Å². The van der Waals surface area contributed by atoms with Gasteiger partial charge in [-0.1, -0.05) is 29.3 Å². The number of anilines is 3. The van der Waals surface area contributed by atoms with Crippen molar-refractivity contribution in [3.05, 3.63) is 41.0 Å². The van der Waals surface area contributed by atoms with Crippen LogP contribution in [-0.2, 0) is 0 Å². The number of halogens is 1. The van der Waals surface area contributed by atoms with E-state index >= 15 is 0 Å². The van der Waals surface area contributed by atoms with E-state index in [0.29, 0.717) is 16.8 Å². The smallest absolute Gasteiger partial charge is 0.224 e. The van der Waals surface area contributed by atoms with Crippen molar-refractivity contribution in [3.8, 4) is 0 Å². The normalized spacial score (nSPS) is 10.2. The molecule has 0 atom stereocenters. The van der Waals surface area contributed by atoms with Gasteiger partial charge in [-0.15, -0.1) is 0 Å². The maximum Gasteiger partial charge on any atom is 0.224 e. The van der Waals surface area contributed by atoms with Gasteiger partial charge in [-0.2, -0.15) is 4.98 Å². The third kappa shape index (κ3) is 2.54. The molecule has 0 saturated heterocycles. The molecule has 1 heterocycles. The molecule has 4 nitrogen and oxygen atoms in total. The summed E-state index contributed by atoms with van der Waals surface area (Å²) in [6.07, 6.45) is 1.60. The summed E-state index contributed by atoms with van der Waals surface area (Å²) in [5.74, 6) is 1.23. The number of aryl methyl sites for hydroxylation is 1. The van der Waals surface area contributed by atoms with Crippen LogP contribution in [0, 0.1) is 6.92 Å². The molecule has 2 rings (SSSR count). The van der Waals surface area contributed by atoms with Crippen molar-refractivity contribution in [2.75, 3.05) is 24.3 Å². The maximum atomic E-state index is 6.13. The van der Waals surface area contributed by atoms with Crippen LogP contribution in [0.2, 0.25) is 5.02 Å². The van der Waals surface area contributed by atoms with Crippen LogP contribution in [0.15, 0.2) is 30.5 Å². The molecule has 1 N–H and O–H groups in total. The summed E-state index contributed by atoms with van der Waals surface area (Å²) in [6, 6.07) is 8.18. The van der Waals surface area contributed by atoms with Gasteiger partial charge in [0.25, 0.3) is 0 Å². The highest BCUT2D eigenvalue weighted by Crippen LogP contribution is 2.28. The molecule has 0 radical (unpaired) electrons. The lowest BCUT2D eigenvalue weighted by Crippen LogP contribution is -2.13. The van der Waals surface area contributed by atoms with Gasteiger partial charge in [0.1, 0.15) is 5.02 Å². The molecule has 0 unspecified atom stereocenters. The Balaban J connectivity index is 2.38. The summed E-state index contributed by atoms with van der Waals surface area (Å²) in [4.78, 5) is 10.4. The van der Waals surface area contributed by atoms with Crippen LogP contribution in [0.5, 0.6) is 0 Å². The number of nitrogens with one attached hydrogen (secondary N) is 1. The Kier molecular flexibility index (Phi) is 3.67. The van der Waals surface area contributed by atoms with Crippen LogP contribution in [-0.4, -0.2) is 24.1 Å². The van der Waals surface area contributed by atoms with E-state index < -0.39 is 0 Å². The molecule has 1 aromatic heterocycles. The van der Waals surface area contributed by atoms with Gasteiger partial charge in [0.05, 0.1) is 6.20 Å². The molecule has 0 saturated carbocycles. The van der Waals surface area contributed by atoms with E-state index in [4.69, 9.17) is 11.6 Å². The highest BCUT2D eigenvalue weighted by atomic mass is 35.5. The monoisotopic (exact) mass is 262 g/mol. The van der Waals surface area contributed by atoms with Gasteiger partial charge >= 0.3 is 0 Å². The van der Waals surface area contributed by atoms with Crippen molar-refractivity contribution < 1.29 is 0 Å². The van der Waals surface area contributed by atoms with E-state index in [1.54, 1.807) is 13.2 Å². The number of aromatic nitrogens is 2. The van der Waals surface area contributed by atoms with Gasteiger partial charge in [0, 0.05) is 19.8 Å². The Morgan fingerprint density at radius 1 is 1.22 bits per heavy atom. The van der Waals surface area contributed by atoms with E-state index in [9.17, 15) is 0 Å². The average molecular weight is 263 g/mol. The first-order chi connectivity index (χ1) is 8.61. The Bertz CT molecular complexity index is 539. The van der Waals surface area contributed by atoms with Crippen molar-refractivity contribution in [1.29, 1.82) is 0 Å². The standard InChI is InChI=1S/C13H15ClN4/c1-9-4-6-10(7-5-9)18(3)12-11(14)8-16-13(15-2)17-12/h4-8H,1-3H3,(H,15,16,17). The summed E-state index contributed by atoms with van der Waals surface area (Å²) in [6.45, 7) is 2.06. The van der Waals surface area contributed by atoms with Crippen LogP contribution in [0.25, 0.3) is 0 Å². The minimum atomic E-state index is 0.525. The van der Waals surface area contributed by atoms with Crippen molar-refractivity contribution in [2.24, 2.45) is 0 Å². The molecule has 1 aromatic carbocycles. The quantitative estimate of drug-likeness (QED) is 0.922. The van der Waals surface area contributed by atoms with Gasteiger partial charge in [-0.05, 0) is 19.1 Å². The molecule has 5 heteroatoms. The van der Waals surface area contributed by atoms with E-state index in [1.807, 2.05) is 24.1 Å². The topological polar surface area (TPSA) is 41.1 Å². The Hall–Kier alpha value is -1.81. The first-order valence-corrected chi connectivity index (χ1v) is 6.00. The van der Waals surface area contributed by atoms with Crippen LogP contribution < -0.4 is 10.2 Å². The lowest BCUT2D eigenvalue weighted by atomic mass is 10.2. The van der Waals surface area contributed by atoms with Gasteiger partial charge in [-0.25, -0.2) is 4.98 Å². The lowest BCUT2D eigenvalue weighted by Gasteiger charge is -2.19. The fraction of sp³-hybridized carbons (Fsp3) is 0.231. The van der Waals surface area contributed by atoms with Crippen molar-refractivity contribution in [3.63, 3.8) is 0 Å². The van der Waals surface area contributed by atoms with E-state index in [-0.39, 0.29) is 0 Å². The zero-order valence-electron chi connectivity index (χ0n) is 10.6. The van der Waals surface area contributed by atoms with Crippen LogP contribution in [0.3, 0.4) is 0 Å². The molecule has 0 aliphatic rings. The molecule has 0 aliphatic heterocycles. The molecular formula is C13H15ClN4. The Morgan fingerprint density at radius 3 is 2.50 bits per heavy atom. The minimum Gasteiger partial charge on any atom is -0.357 e. The molecule has 0 spiro atoms. The number of nitrogens with zero attached hydrogens (tertiary/aromatic N) is 3. The Morgan fingerprint density at radius 2 is 1.89 bits per heavy atom. The summed E-state index contributed by atoms with van der Waals surface area (Å²) in [7, 11) is 3.71. The predicted octanol–water partition coefficient (Wildman–Crippen LogP) is 3.25. The maximum absolute atomic E-state index is 6.13. The zero-order chi connectivity index (χ0) is 13.1. The molecule has 2 aromatic rings. The van der Waals surface area contributed by atoms with Crippen LogP contribution in [0.1, 0.15) is 5.56 Å². The third-order valence-corrected chi connectivity index (χ3v) is 2.95. The lowest BCUT2D eigenvalue weighted by molar-refractivity contribution is 1.08. The fourth-order valence-corrected chi connectivity index (χ4v) is 1.82. The van der Waals surface area contributed by atoms with Gasteiger partial charge in [0.15, 0.2) is 5.82 Å². The van der Waals surface area contributed by atoms with E-state index in [2.05, 4.69) is 34.3 Å². The zero-order valence-corrected chi connectivity index (χ0v) is 11.4. The second-order valence-corrected chi connectivity index (χ2v) is 4.42. The third-order valence-electron chi connectivity index (χ3n) is 2.69. The highest BCUT2D eigenvalue weighted by Gasteiger charge is 2.11. The second-order valence-electron chi connectivity index (χ2n) is 4.01. The number of hydrogen-bond acceptors (Lipinski definition) is 4.